The van der Waals surface area contributed by atoms with Gasteiger partial charge < -0.3 is 21.3 Å². The number of benzene rings is 4. The number of amides is 7. The summed E-state index contributed by atoms with van der Waals surface area (Å²) in [7, 11) is -13.9. The lowest BCUT2D eigenvalue weighted by Crippen LogP contribution is -2.49. The Bertz CT molecular complexity index is 6660. The number of aromatic nitrogens is 12. The summed E-state index contributed by atoms with van der Waals surface area (Å²) in [6, 6.07) is 35.2. The average molecular weight is 1980 g/mol. The Morgan fingerprint density at radius 1 is 0.410 bits per heavy atom. The minimum atomic E-state index is -3.47. The van der Waals surface area contributed by atoms with E-state index in [-0.39, 0.29) is 115 Å². The zero-order valence-corrected chi connectivity index (χ0v) is 83.3. The average Bonchev–Trinajstić information content (AvgIpc) is 1.65. The molecule has 139 heavy (non-hydrogen) atoms. The van der Waals surface area contributed by atoms with Crippen LogP contribution in [0.5, 0.6) is 0 Å². The molecular formula is C100H119F4N19O12S4. The minimum absolute atomic E-state index is 0.00366. The molecule has 0 saturated heterocycles. The van der Waals surface area contributed by atoms with Gasteiger partial charge in [0.05, 0.1) is 112 Å². The fourth-order valence-electron chi connectivity index (χ4n) is 18.1. The molecule has 0 spiro atoms. The maximum Gasteiger partial charge on any atom is 0.322 e. The third kappa shape index (κ3) is 25.4. The van der Waals surface area contributed by atoms with E-state index in [2.05, 4.69) is 89.3 Å². The van der Waals surface area contributed by atoms with E-state index in [1.807, 2.05) is 34.6 Å². The summed E-state index contributed by atoms with van der Waals surface area (Å²) in [5.41, 5.74) is 12.2. The summed E-state index contributed by atoms with van der Waals surface area (Å²) in [5.74, 6) is -1.48. The van der Waals surface area contributed by atoms with Crippen LogP contribution in [0.1, 0.15) is 220 Å². The molecule has 2 unspecified atom stereocenters. The summed E-state index contributed by atoms with van der Waals surface area (Å²) in [6.07, 6.45) is 29.3. The fraction of sp³-hybridized carbons (Fsp3) is 0.400. The first-order valence-corrected chi connectivity index (χ1v) is 54.1. The van der Waals surface area contributed by atoms with Gasteiger partial charge in [-0.1, -0.05) is 81.1 Å². The highest BCUT2D eigenvalue weighted by Gasteiger charge is 2.40. The molecule has 4 aromatic carbocycles. The number of anilines is 3. The molecule has 7 amide bonds. The van der Waals surface area contributed by atoms with Crippen molar-refractivity contribution in [2.75, 3.05) is 52.8 Å². The monoisotopic (exact) mass is 1980 g/mol. The molecule has 4 aliphatic rings. The van der Waals surface area contributed by atoms with E-state index >= 15 is 0 Å². The van der Waals surface area contributed by atoms with Gasteiger partial charge in [0.1, 0.15) is 23.3 Å². The number of hydrogen-bond acceptors (Lipinski definition) is 20. The Balaban J connectivity index is 0.000000156. The van der Waals surface area contributed by atoms with Gasteiger partial charge in [-0.05, 0) is 269 Å². The Hall–Kier alpha value is -12.9. The summed E-state index contributed by atoms with van der Waals surface area (Å²) >= 11 is 0. The number of urea groups is 3. The molecule has 8 aromatic heterocycles. The molecule has 31 nitrogen and oxygen atoms in total. The van der Waals surface area contributed by atoms with Crippen molar-refractivity contribution in [3.05, 3.63) is 269 Å². The Morgan fingerprint density at radius 3 is 1.14 bits per heavy atom. The van der Waals surface area contributed by atoms with E-state index in [1.54, 1.807) is 137 Å². The molecule has 39 heteroatoms. The molecule has 12 aromatic rings. The van der Waals surface area contributed by atoms with Crippen molar-refractivity contribution in [2.45, 2.75) is 221 Å². The molecule has 0 fully saturated rings. The zero-order valence-electron chi connectivity index (χ0n) is 80.1. The van der Waals surface area contributed by atoms with Crippen LogP contribution in [0.4, 0.5) is 49.0 Å². The van der Waals surface area contributed by atoms with Crippen LogP contribution in [0, 0.1) is 40.5 Å². The first kappa shape index (κ1) is 103. The van der Waals surface area contributed by atoms with Crippen molar-refractivity contribution >= 4 is 80.4 Å². The smallest absolute Gasteiger partial charge is 0.322 e. The summed E-state index contributed by atoms with van der Waals surface area (Å²) in [6.45, 7) is 19.4. The van der Waals surface area contributed by atoms with Crippen LogP contribution in [0.25, 0.3) is 22.7 Å². The number of nitrogens with zero attached hydrogens (tertiary/aromatic N) is 15. The Kier molecular flexibility index (Phi) is 33.1. The quantitative estimate of drug-likeness (QED) is 0.0305. The van der Waals surface area contributed by atoms with Crippen LogP contribution in [-0.2, 0) is 69.8 Å². The van der Waals surface area contributed by atoms with Gasteiger partial charge in [-0.25, -0.2) is 104 Å². The van der Waals surface area contributed by atoms with E-state index in [0.717, 1.165) is 158 Å². The van der Waals surface area contributed by atoms with E-state index in [0.29, 0.717) is 73.3 Å². The number of carbonyl (C=O) groups is 4. The summed E-state index contributed by atoms with van der Waals surface area (Å²) < 4.78 is 157. The second kappa shape index (κ2) is 44.5. The van der Waals surface area contributed by atoms with Crippen molar-refractivity contribution in [3.63, 3.8) is 0 Å². The van der Waals surface area contributed by atoms with Crippen molar-refractivity contribution in [1.82, 2.24) is 80.3 Å². The molecule has 0 radical (unpaired) electrons. The highest BCUT2D eigenvalue weighted by Crippen LogP contribution is 2.42. The number of hydrogen-bond donors (Lipinski definition) is 4. The number of nitrogens with one attached hydrogen (secondary N) is 4. The van der Waals surface area contributed by atoms with Crippen molar-refractivity contribution < 1.29 is 70.4 Å². The third-order valence-corrected chi connectivity index (χ3v) is 28.9. The number of rotatable bonds is 25. The summed E-state index contributed by atoms with van der Waals surface area (Å²) in [5, 5.41) is 30.5. The van der Waals surface area contributed by atoms with Gasteiger partial charge in [0.15, 0.2) is 59.5 Å². The zero-order chi connectivity index (χ0) is 100. The molecule has 0 bridgehead atoms. The van der Waals surface area contributed by atoms with Gasteiger partial charge in [0, 0.05) is 80.2 Å². The van der Waals surface area contributed by atoms with Crippen molar-refractivity contribution in [1.29, 1.82) is 0 Å². The molecule has 1 aliphatic carbocycles. The molecule has 738 valence electrons. The van der Waals surface area contributed by atoms with Crippen LogP contribution in [0.3, 0.4) is 0 Å². The second-order valence-electron chi connectivity index (χ2n) is 36.9. The number of sulfone groups is 4. The lowest BCUT2D eigenvalue weighted by molar-refractivity contribution is -0.124. The standard InChI is InChI=1S/C26H31FN4O3S.2C25H30FN5O3S.C24H28FN5O3S/c1-4-6-22(18-13-14-28-24(15-18)35(3,33)34)30-26(32)25-17(2)7-5-8-23-21(25)16-29-31(23)20-11-9-19(27)10-12-20;1-5-6-20(17-11-12-27-23(13-17)35(4,33)34)29-24(32)30-16-25(2,3)14-21-22(30)15-28-31(21)19-9-7-18(26)8-10-19;1-4-6-21(18-13-14-27-24(15-18)35(3,33)34)29-25(32)30-17(2)7-5-8-22-23(30)16-28-31(22)20-11-9-19(26)10-12-20;1-4-5-20(17-10-11-26-23(13-17)34(3,32)33)28-24(31)29-15-16(2)12-21-22(29)14-27-30(21)19-8-6-18(25)7-9-19/h9-17,22,25H,4-8H2,1-3H3,(H,30,32);7-13,15,20H,5-6,14,16H2,1-4H3,(H,29,32);9-17,21H,4-8H2,1-3H3,(H,29,32);6-11,13-14,16,20H,4-5,12,15H2,1-3H3,(H,28,31)/t17-,22+,25?;20-;17-,21-;16?,20-/m1000/s1. The normalized spacial score (nSPS) is 17.1. The molecule has 16 rings (SSSR count). The number of pyridine rings is 4. The van der Waals surface area contributed by atoms with Crippen LogP contribution in [0.15, 0.2) is 215 Å². The predicted octanol–water partition coefficient (Wildman–Crippen LogP) is 17.6. The van der Waals surface area contributed by atoms with Crippen LogP contribution < -0.4 is 36.0 Å². The van der Waals surface area contributed by atoms with Crippen molar-refractivity contribution in [3.8, 4) is 22.7 Å². The fourth-order valence-corrected chi connectivity index (χ4v) is 20.5. The molecule has 8 atom stereocenters. The topological polar surface area (TPSA) is 386 Å². The third-order valence-electron chi connectivity index (χ3n) is 25.0. The predicted molar refractivity (Wildman–Crippen MR) is 523 cm³/mol. The lowest BCUT2D eigenvalue weighted by Gasteiger charge is -2.38. The van der Waals surface area contributed by atoms with Crippen molar-refractivity contribution in [2.24, 2.45) is 17.3 Å². The molecule has 0 saturated carbocycles. The second-order valence-corrected chi connectivity index (χ2v) is 44.7. The van der Waals surface area contributed by atoms with E-state index < -0.39 is 45.3 Å². The Labute approximate surface area is 809 Å². The van der Waals surface area contributed by atoms with E-state index in [9.17, 15) is 70.4 Å². The van der Waals surface area contributed by atoms with E-state index in [1.165, 1.54) is 91.5 Å². The first-order chi connectivity index (χ1) is 66.0. The minimum Gasteiger partial charge on any atom is -0.349 e. The lowest BCUT2D eigenvalue weighted by atomic mass is 9.83. The number of halogens is 4. The highest BCUT2D eigenvalue weighted by atomic mass is 32.2. The molecule has 11 heterocycles. The molecular weight excluding hydrogens is 1860 g/mol. The van der Waals surface area contributed by atoms with Gasteiger partial charge in [-0.3, -0.25) is 19.5 Å². The highest BCUT2D eigenvalue weighted by molar-refractivity contribution is 7.91. The van der Waals surface area contributed by atoms with Gasteiger partial charge in [-0.2, -0.15) is 20.4 Å². The van der Waals surface area contributed by atoms with Crippen LogP contribution >= 0.6 is 0 Å². The van der Waals surface area contributed by atoms with Crippen LogP contribution in [-0.4, -0.2) is 161 Å². The SMILES string of the molecule is CCC[C@H](NC(=O)C1c2cnn(-c3ccc(F)cc3)c2CCC[C@H]1C)c1ccnc(S(C)(=O)=O)c1.CCC[C@H](NC(=O)N1CC(C)(C)Cc2c1cnn2-c1ccc(F)cc1)c1ccnc(S(C)(=O)=O)c1.CCC[C@H](NC(=O)N1CC(C)Cc2c1cnn2-c1ccc(F)cc1)c1ccnc(S(C)(=O)=O)c1.CCC[C@H](NC(=O)N1c2cnn(-c3ccc(F)cc3)c2CCC[C@@H]1C)c1ccnc(S(C)(=O)=O)c1. The van der Waals surface area contributed by atoms with Crippen LogP contribution in [0.2, 0.25) is 0 Å². The molecule has 3 aliphatic heterocycles. The first-order valence-electron chi connectivity index (χ1n) is 46.5. The Morgan fingerprint density at radius 2 is 0.741 bits per heavy atom. The van der Waals surface area contributed by atoms with Gasteiger partial charge in [-0.15, -0.1) is 0 Å². The maximum absolute atomic E-state index is 13.7. The largest absolute Gasteiger partial charge is 0.349 e. The van der Waals surface area contributed by atoms with Gasteiger partial charge in [0.2, 0.25) is 5.91 Å². The molecule has 4 N–H and O–H groups in total. The van der Waals surface area contributed by atoms with E-state index in [4.69, 9.17) is 0 Å². The van der Waals surface area contributed by atoms with Gasteiger partial charge in [0.25, 0.3) is 0 Å². The maximum atomic E-state index is 13.7. The number of fused-ring (bicyclic) bond motifs is 4. The van der Waals surface area contributed by atoms with Gasteiger partial charge >= 0.3 is 18.1 Å². The number of carbonyl (C=O) groups excluding carboxylic acids is 4. The summed E-state index contributed by atoms with van der Waals surface area (Å²) in [4.78, 5) is 75.3.